The molecule has 1 aliphatic heterocycles. The van der Waals surface area contributed by atoms with E-state index < -0.39 is 0 Å². The minimum atomic E-state index is -0.237. The van der Waals surface area contributed by atoms with Gasteiger partial charge in [-0.2, -0.15) is 0 Å². The van der Waals surface area contributed by atoms with Crippen molar-refractivity contribution >= 4 is 23.2 Å². The van der Waals surface area contributed by atoms with Gasteiger partial charge in [0.2, 0.25) is 0 Å². The SMILES string of the molecule is CC(O)C1CCN(Cc2ccc(Cl)nc2Cl)C1. The van der Waals surface area contributed by atoms with E-state index in [0.29, 0.717) is 16.2 Å². The monoisotopic (exact) mass is 274 g/mol. The summed E-state index contributed by atoms with van der Waals surface area (Å²) >= 11 is 11.8. The first-order chi connectivity index (χ1) is 8.06. The Morgan fingerprint density at radius 1 is 1.53 bits per heavy atom. The highest BCUT2D eigenvalue weighted by atomic mass is 35.5. The summed E-state index contributed by atoms with van der Waals surface area (Å²) in [5.41, 5.74) is 0.988. The number of nitrogens with zero attached hydrogens (tertiary/aromatic N) is 2. The van der Waals surface area contributed by atoms with E-state index in [1.165, 1.54) is 0 Å². The van der Waals surface area contributed by atoms with E-state index in [9.17, 15) is 5.11 Å². The Morgan fingerprint density at radius 2 is 2.29 bits per heavy atom. The predicted octanol–water partition coefficient (Wildman–Crippen LogP) is 2.59. The fourth-order valence-electron chi connectivity index (χ4n) is 2.20. The minimum absolute atomic E-state index is 0.237. The molecule has 2 atom stereocenters. The van der Waals surface area contributed by atoms with Crippen LogP contribution in [0.25, 0.3) is 0 Å². The molecule has 0 amide bonds. The molecule has 0 spiro atoms. The highest BCUT2D eigenvalue weighted by molar-refractivity contribution is 6.32. The van der Waals surface area contributed by atoms with Crippen LogP contribution in [0.3, 0.4) is 0 Å². The number of aromatic nitrogens is 1. The molecule has 0 saturated carbocycles. The Hall–Kier alpha value is -0.350. The van der Waals surface area contributed by atoms with Gasteiger partial charge in [0.05, 0.1) is 6.10 Å². The minimum Gasteiger partial charge on any atom is -0.393 e. The van der Waals surface area contributed by atoms with Gasteiger partial charge < -0.3 is 5.11 Å². The molecule has 2 heterocycles. The Bertz CT molecular complexity index is 398. The molecule has 0 aliphatic carbocycles. The summed E-state index contributed by atoms with van der Waals surface area (Å²) in [5, 5.41) is 10.4. The fraction of sp³-hybridized carbons (Fsp3) is 0.583. The highest BCUT2D eigenvalue weighted by Gasteiger charge is 2.26. The first-order valence-corrected chi connectivity index (χ1v) is 6.53. The van der Waals surface area contributed by atoms with Gasteiger partial charge in [0.15, 0.2) is 0 Å². The Balaban J connectivity index is 1.98. The molecule has 0 radical (unpaired) electrons. The van der Waals surface area contributed by atoms with Gasteiger partial charge in [0.1, 0.15) is 10.3 Å². The van der Waals surface area contributed by atoms with Crippen molar-refractivity contribution < 1.29 is 5.11 Å². The second-order valence-corrected chi connectivity index (χ2v) is 5.35. The smallest absolute Gasteiger partial charge is 0.135 e. The van der Waals surface area contributed by atoms with Crippen LogP contribution in [-0.2, 0) is 6.54 Å². The van der Waals surface area contributed by atoms with Crippen molar-refractivity contribution in [1.82, 2.24) is 9.88 Å². The van der Waals surface area contributed by atoms with Crippen LogP contribution >= 0.6 is 23.2 Å². The van der Waals surface area contributed by atoms with E-state index in [2.05, 4.69) is 9.88 Å². The first kappa shape index (κ1) is 13.1. The largest absolute Gasteiger partial charge is 0.393 e. The van der Waals surface area contributed by atoms with Crippen molar-refractivity contribution in [2.75, 3.05) is 13.1 Å². The van der Waals surface area contributed by atoms with Crippen LogP contribution < -0.4 is 0 Å². The maximum absolute atomic E-state index is 9.54. The van der Waals surface area contributed by atoms with Crippen LogP contribution in [-0.4, -0.2) is 34.2 Å². The topological polar surface area (TPSA) is 36.4 Å². The van der Waals surface area contributed by atoms with E-state index in [1.807, 2.05) is 13.0 Å². The number of hydrogen-bond donors (Lipinski definition) is 1. The third-order valence-electron chi connectivity index (χ3n) is 3.28. The van der Waals surface area contributed by atoms with E-state index in [0.717, 1.165) is 31.6 Å². The molecule has 17 heavy (non-hydrogen) atoms. The third kappa shape index (κ3) is 3.32. The van der Waals surface area contributed by atoms with Gasteiger partial charge >= 0.3 is 0 Å². The molecule has 5 heteroatoms. The van der Waals surface area contributed by atoms with Crippen LogP contribution in [0.1, 0.15) is 18.9 Å². The zero-order chi connectivity index (χ0) is 12.4. The molecule has 3 nitrogen and oxygen atoms in total. The lowest BCUT2D eigenvalue weighted by Crippen LogP contribution is -2.24. The lowest BCUT2D eigenvalue weighted by Gasteiger charge is -2.17. The van der Waals surface area contributed by atoms with Crippen LogP contribution in [0, 0.1) is 5.92 Å². The average Bonchev–Trinajstić information content (AvgIpc) is 2.71. The molecular formula is C12H16Cl2N2O. The van der Waals surface area contributed by atoms with Gasteiger partial charge in [-0.15, -0.1) is 0 Å². The van der Waals surface area contributed by atoms with Gasteiger partial charge in [-0.1, -0.05) is 29.3 Å². The molecule has 94 valence electrons. The number of rotatable bonds is 3. The molecule has 2 unspecified atom stereocenters. The number of aliphatic hydroxyl groups excluding tert-OH is 1. The molecule has 0 aromatic carbocycles. The molecule has 1 saturated heterocycles. The van der Waals surface area contributed by atoms with Crippen LogP contribution in [0.5, 0.6) is 0 Å². The molecule has 1 N–H and O–H groups in total. The van der Waals surface area contributed by atoms with Crippen molar-refractivity contribution in [3.8, 4) is 0 Å². The van der Waals surface area contributed by atoms with E-state index in [-0.39, 0.29) is 6.10 Å². The molecule has 1 aromatic heterocycles. The molecule has 0 bridgehead atoms. The van der Waals surface area contributed by atoms with Gasteiger partial charge in [-0.25, -0.2) is 4.98 Å². The maximum Gasteiger partial charge on any atom is 0.135 e. The number of halogens is 2. The fourth-order valence-corrected chi connectivity index (χ4v) is 2.60. The van der Waals surface area contributed by atoms with Crippen molar-refractivity contribution in [2.24, 2.45) is 5.92 Å². The summed E-state index contributed by atoms with van der Waals surface area (Å²) < 4.78 is 0. The van der Waals surface area contributed by atoms with E-state index >= 15 is 0 Å². The number of pyridine rings is 1. The van der Waals surface area contributed by atoms with Gasteiger partial charge in [-0.05, 0) is 31.9 Å². The van der Waals surface area contributed by atoms with E-state index in [4.69, 9.17) is 23.2 Å². The lowest BCUT2D eigenvalue weighted by molar-refractivity contribution is 0.127. The molecule has 1 aliphatic rings. The summed E-state index contributed by atoms with van der Waals surface area (Å²) in [6.45, 7) is 4.53. The Morgan fingerprint density at radius 3 is 2.88 bits per heavy atom. The first-order valence-electron chi connectivity index (χ1n) is 5.77. The Kier molecular flexibility index (Phi) is 4.26. The second-order valence-electron chi connectivity index (χ2n) is 4.61. The predicted molar refractivity (Wildman–Crippen MR) is 69.3 cm³/mol. The average molecular weight is 275 g/mol. The zero-order valence-corrected chi connectivity index (χ0v) is 11.2. The van der Waals surface area contributed by atoms with Gasteiger partial charge in [-0.3, -0.25) is 4.90 Å². The number of aliphatic hydroxyl groups is 1. The summed E-state index contributed by atoms with van der Waals surface area (Å²) in [6.07, 6.45) is 0.801. The van der Waals surface area contributed by atoms with Crippen LogP contribution in [0.15, 0.2) is 12.1 Å². The summed E-state index contributed by atoms with van der Waals surface area (Å²) in [7, 11) is 0. The standard InChI is InChI=1S/C12H16Cl2N2O/c1-8(17)9-4-5-16(6-9)7-10-2-3-11(13)15-12(10)14/h2-3,8-9,17H,4-7H2,1H3. The number of likely N-dealkylation sites (tertiary alicyclic amines) is 1. The Labute approximate surface area is 111 Å². The molecular weight excluding hydrogens is 259 g/mol. The third-order valence-corrected chi connectivity index (χ3v) is 3.81. The van der Waals surface area contributed by atoms with Crippen molar-refractivity contribution in [3.05, 3.63) is 28.0 Å². The molecule has 1 aromatic rings. The van der Waals surface area contributed by atoms with Crippen LogP contribution in [0.2, 0.25) is 10.3 Å². The van der Waals surface area contributed by atoms with Crippen LogP contribution in [0.4, 0.5) is 0 Å². The quantitative estimate of drug-likeness (QED) is 0.861. The van der Waals surface area contributed by atoms with Crippen molar-refractivity contribution in [3.63, 3.8) is 0 Å². The lowest BCUT2D eigenvalue weighted by atomic mass is 10.0. The van der Waals surface area contributed by atoms with E-state index in [1.54, 1.807) is 6.07 Å². The maximum atomic E-state index is 9.54. The van der Waals surface area contributed by atoms with Crippen molar-refractivity contribution in [2.45, 2.75) is 26.0 Å². The van der Waals surface area contributed by atoms with Gasteiger partial charge in [0, 0.05) is 18.7 Å². The van der Waals surface area contributed by atoms with Gasteiger partial charge in [0.25, 0.3) is 0 Å². The number of hydrogen-bond acceptors (Lipinski definition) is 3. The highest BCUT2D eigenvalue weighted by Crippen LogP contribution is 2.24. The molecule has 2 rings (SSSR count). The summed E-state index contributed by atoms with van der Waals surface area (Å²) in [4.78, 5) is 6.31. The summed E-state index contributed by atoms with van der Waals surface area (Å²) in [5.74, 6) is 0.369. The summed E-state index contributed by atoms with van der Waals surface area (Å²) in [6, 6.07) is 3.67. The van der Waals surface area contributed by atoms with Crippen molar-refractivity contribution in [1.29, 1.82) is 0 Å². The zero-order valence-electron chi connectivity index (χ0n) is 9.74. The normalized spacial score (nSPS) is 22.9. The second kappa shape index (κ2) is 5.53. The molecule has 1 fully saturated rings.